The highest BCUT2D eigenvalue weighted by Gasteiger charge is 2.22. The molecule has 35 heavy (non-hydrogen) atoms. The number of thiocarbonyl (C=S) groups is 1. The average Bonchev–Trinajstić information content (AvgIpc) is 3.34. The molecule has 0 unspecified atom stereocenters. The summed E-state index contributed by atoms with van der Waals surface area (Å²) >= 11 is 11.6. The number of nitrogens with one attached hydrogen (secondary N) is 2. The topological polar surface area (TPSA) is 121 Å². The monoisotopic (exact) mass is 514 g/mol. The maximum Gasteiger partial charge on any atom is 0.270 e. The molecule has 1 aliphatic rings. The van der Waals surface area contributed by atoms with Gasteiger partial charge in [0.05, 0.1) is 21.2 Å². The van der Waals surface area contributed by atoms with Crippen LogP contribution in [0.25, 0.3) is 11.3 Å². The highest BCUT2D eigenvalue weighted by atomic mass is 35.5. The first kappa shape index (κ1) is 24.6. The SMILES string of the molecule is O=C(NC(=S)Nc1ccc(Cl)c(-c2ccc(CO)o2)c1)c1cc([N+](=O)[O-])ccc1N1CCCCC1. The van der Waals surface area contributed by atoms with Crippen LogP contribution >= 0.6 is 23.8 Å². The third kappa shape index (κ3) is 5.79. The number of halogens is 1. The van der Waals surface area contributed by atoms with Gasteiger partial charge in [-0.3, -0.25) is 20.2 Å². The summed E-state index contributed by atoms with van der Waals surface area (Å²) in [5, 5.41) is 26.6. The molecule has 3 N–H and O–H groups in total. The van der Waals surface area contributed by atoms with E-state index in [1.165, 1.54) is 12.1 Å². The Morgan fingerprint density at radius 1 is 1.14 bits per heavy atom. The van der Waals surface area contributed by atoms with Crippen LogP contribution < -0.4 is 15.5 Å². The van der Waals surface area contributed by atoms with Crippen LogP contribution in [0.1, 0.15) is 35.4 Å². The number of anilines is 2. The van der Waals surface area contributed by atoms with E-state index in [0.29, 0.717) is 33.5 Å². The molecule has 1 amide bonds. The smallest absolute Gasteiger partial charge is 0.270 e. The molecule has 4 rings (SSSR count). The minimum absolute atomic E-state index is 0.0230. The van der Waals surface area contributed by atoms with Gasteiger partial charge in [-0.2, -0.15) is 0 Å². The molecule has 0 atom stereocenters. The summed E-state index contributed by atoms with van der Waals surface area (Å²) in [4.78, 5) is 26.0. The molecule has 0 aliphatic carbocycles. The second kappa shape index (κ2) is 10.9. The summed E-state index contributed by atoms with van der Waals surface area (Å²) in [6, 6.07) is 12.7. The van der Waals surface area contributed by atoms with Crippen molar-refractivity contribution in [3.63, 3.8) is 0 Å². The van der Waals surface area contributed by atoms with Crippen molar-refractivity contribution in [3.8, 4) is 11.3 Å². The summed E-state index contributed by atoms with van der Waals surface area (Å²) in [5.74, 6) is 0.332. The normalized spacial score (nSPS) is 13.4. The molecule has 2 aromatic carbocycles. The Hall–Kier alpha value is -3.47. The van der Waals surface area contributed by atoms with Crippen LogP contribution in [0.2, 0.25) is 5.02 Å². The second-order valence-electron chi connectivity index (χ2n) is 8.03. The summed E-state index contributed by atoms with van der Waals surface area (Å²) in [6.07, 6.45) is 3.10. The molecule has 1 saturated heterocycles. The summed E-state index contributed by atoms with van der Waals surface area (Å²) < 4.78 is 5.56. The molecule has 2 heterocycles. The lowest BCUT2D eigenvalue weighted by molar-refractivity contribution is -0.384. The number of benzene rings is 2. The number of aliphatic hydroxyl groups excluding tert-OH is 1. The van der Waals surface area contributed by atoms with E-state index in [2.05, 4.69) is 15.5 Å². The Morgan fingerprint density at radius 2 is 1.91 bits per heavy atom. The Labute approximate surface area is 211 Å². The fraction of sp³-hybridized carbons (Fsp3) is 0.250. The third-order valence-electron chi connectivity index (χ3n) is 5.67. The van der Waals surface area contributed by atoms with Crippen molar-refractivity contribution in [2.45, 2.75) is 25.9 Å². The molecule has 3 aromatic rings. The van der Waals surface area contributed by atoms with E-state index in [9.17, 15) is 20.0 Å². The molecule has 0 spiro atoms. The number of furan rings is 1. The molecule has 11 heteroatoms. The third-order valence-corrected chi connectivity index (χ3v) is 6.20. The fourth-order valence-electron chi connectivity index (χ4n) is 3.96. The van der Waals surface area contributed by atoms with Crippen LogP contribution in [0.15, 0.2) is 52.9 Å². The van der Waals surface area contributed by atoms with Gasteiger partial charge in [-0.1, -0.05) is 11.6 Å². The minimum Gasteiger partial charge on any atom is -0.459 e. The Morgan fingerprint density at radius 3 is 2.60 bits per heavy atom. The number of rotatable bonds is 6. The van der Waals surface area contributed by atoms with Crippen LogP contribution in [0, 0.1) is 10.1 Å². The van der Waals surface area contributed by atoms with Crippen molar-refractivity contribution in [1.82, 2.24) is 5.32 Å². The Bertz CT molecular complexity index is 1270. The molecule has 0 bridgehead atoms. The van der Waals surface area contributed by atoms with Crippen LogP contribution in [-0.4, -0.2) is 34.1 Å². The van der Waals surface area contributed by atoms with Crippen molar-refractivity contribution in [2.75, 3.05) is 23.3 Å². The molecule has 1 aliphatic heterocycles. The predicted octanol–water partition coefficient (Wildman–Crippen LogP) is 5.12. The maximum atomic E-state index is 13.1. The molecular weight excluding hydrogens is 492 g/mol. The number of carbonyl (C=O) groups is 1. The summed E-state index contributed by atoms with van der Waals surface area (Å²) in [5.41, 5.74) is 1.79. The number of amides is 1. The van der Waals surface area contributed by atoms with Crippen molar-refractivity contribution < 1.29 is 19.2 Å². The van der Waals surface area contributed by atoms with Gasteiger partial charge in [-0.05, 0) is 67.9 Å². The lowest BCUT2D eigenvalue weighted by Gasteiger charge is -2.30. The summed E-state index contributed by atoms with van der Waals surface area (Å²) in [7, 11) is 0. The average molecular weight is 515 g/mol. The van der Waals surface area contributed by atoms with Gasteiger partial charge in [-0.25, -0.2) is 0 Å². The van der Waals surface area contributed by atoms with Gasteiger partial charge in [0.2, 0.25) is 0 Å². The molecule has 182 valence electrons. The lowest BCUT2D eigenvalue weighted by Crippen LogP contribution is -2.36. The van der Waals surface area contributed by atoms with Crippen LogP contribution in [0.4, 0.5) is 17.1 Å². The van der Waals surface area contributed by atoms with E-state index in [4.69, 9.17) is 28.2 Å². The molecule has 9 nitrogen and oxygen atoms in total. The highest BCUT2D eigenvalue weighted by molar-refractivity contribution is 7.80. The zero-order chi connectivity index (χ0) is 24.9. The summed E-state index contributed by atoms with van der Waals surface area (Å²) in [6.45, 7) is 1.32. The lowest BCUT2D eigenvalue weighted by atomic mass is 10.1. The van der Waals surface area contributed by atoms with Gasteiger partial charge in [0, 0.05) is 36.5 Å². The number of hydrogen-bond donors (Lipinski definition) is 3. The number of piperidine rings is 1. The zero-order valence-electron chi connectivity index (χ0n) is 18.6. The van der Waals surface area contributed by atoms with Crippen LogP contribution in [-0.2, 0) is 6.61 Å². The largest absolute Gasteiger partial charge is 0.459 e. The molecule has 0 saturated carbocycles. The number of hydrogen-bond acceptors (Lipinski definition) is 7. The van der Waals surface area contributed by atoms with Gasteiger partial charge in [0.15, 0.2) is 5.11 Å². The number of nitrogens with zero attached hydrogens (tertiary/aromatic N) is 2. The second-order valence-corrected chi connectivity index (χ2v) is 8.85. The van der Waals surface area contributed by atoms with E-state index < -0.39 is 10.8 Å². The zero-order valence-corrected chi connectivity index (χ0v) is 20.2. The van der Waals surface area contributed by atoms with Crippen molar-refractivity contribution >= 4 is 51.9 Å². The minimum atomic E-state index is -0.542. The van der Waals surface area contributed by atoms with Gasteiger partial charge >= 0.3 is 0 Å². The Balaban J connectivity index is 1.52. The number of nitro groups is 1. The standard InChI is InChI=1S/C24H23ClN4O5S/c25-20-7-4-15(12-18(20)22-9-6-17(14-30)34-22)26-24(35)27-23(31)19-13-16(29(32)33)5-8-21(19)28-10-2-1-3-11-28/h4-9,12-13,30H,1-3,10-11,14H2,(H2,26,27,31,35). The van der Waals surface area contributed by atoms with E-state index in [1.54, 1.807) is 36.4 Å². The van der Waals surface area contributed by atoms with Gasteiger partial charge in [-0.15, -0.1) is 0 Å². The number of aliphatic hydroxyl groups is 1. The first-order valence-corrected chi connectivity index (χ1v) is 11.8. The van der Waals surface area contributed by atoms with Crippen molar-refractivity contribution in [3.05, 3.63) is 75.0 Å². The number of non-ortho nitro benzene ring substituents is 1. The van der Waals surface area contributed by atoms with E-state index in [-0.39, 0.29) is 23.0 Å². The molecular formula is C24H23ClN4O5S. The molecule has 1 aromatic heterocycles. The number of nitro benzene ring substituents is 1. The Kier molecular flexibility index (Phi) is 7.64. The molecule has 0 radical (unpaired) electrons. The van der Waals surface area contributed by atoms with Crippen molar-refractivity contribution in [1.29, 1.82) is 0 Å². The predicted molar refractivity (Wildman–Crippen MR) is 138 cm³/mol. The first-order valence-electron chi connectivity index (χ1n) is 11.0. The fourth-order valence-corrected chi connectivity index (χ4v) is 4.38. The van der Waals surface area contributed by atoms with Crippen molar-refractivity contribution in [2.24, 2.45) is 0 Å². The molecule has 1 fully saturated rings. The quantitative estimate of drug-likeness (QED) is 0.235. The van der Waals surface area contributed by atoms with Crippen LogP contribution in [0.5, 0.6) is 0 Å². The highest BCUT2D eigenvalue weighted by Crippen LogP contribution is 2.32. The first-order chi connectivity index (χ1) is 16.9. The van der Waals surface area contributed by atoms with E-state index in [0.717, 1.165) is 32.4 Å². The van der Waals surface area contributed by atoms with E-state index in [1.807, 2.05) is 0 Å². The van der Waals surface area contributed by atoms with Gasteiger partial charge in [0.1, 0.15) is 18.1 Å². The van der Waals surface area contributed by atoms with E-state index >= 15 is 0 Å². The van der Waals surface area contributed by atoms with Crippen LogP contribution in [0.3, 0.4) is 0 Å². The van der Waals surface area contributed by atoms with Gasteiger partial charge in [0.25, 0.3) is 11.6 Å². The maximum absolute atomic E-state index is 13.1. The van der Waals surface area contributed by atoms with Gasteiger partial charge < -0.3 is 19.7 Å². The number of carbonyl (C=O) groups excluding carboxylic acids is 1.